The number of ketones is 1. The second kappa shape index (κ2) is 5.00. The van der Waals surface area contributed by atoms with Crippen LogP contribution in [0.1, 0.15) is 12.0 Å². The van der Waals surface area contributed by atoms with Crippen molar-refractivity contribution in [3.05, 3.63) is 30.1 Å². The number of Topliss-reactive ketones (excluding diaryl/α,β-unsaturated/α-hetero) is 1. The van der Waals surface area contributed by atoms with Crippen molar-refractivity contribution in [2.75, 3.05) is 13.2 Å². The SMILES string of the molecule is O=C(Cc1cccnc1)CC1OCCO1. The molecule has 0 radical (unpaired) electrons. The summed E-state index contributed by atoms with van der Waals surface area (Å²) in [4.78, 5) is 15.5. The van der Waals surface area contributed by atoms with Crippen LogP contribution in [-0.2, 0) is 20.7 Å². The van der Waals surface area contributed by atoms with Crippen LogP contribution in [0.25, 0.3) is 0 Å². The number of ether oxygens (including phenoxy) is 2. The van der Waals surface area contributed by atoms with Crippen molar-refractivity contribution in [2.24, 2.45) is 0 Å². The van der Waals surface area contributed by atoms with E-state index in [1.54, 1.807) is 12.4 Å². The lowest BCUT2D eigenvalue weighted by atomic mass is 10.1. The van der Waals surface area contributed by atoms with Gasteiger partial charge in [0.15, 0.2) is 6.29 Å². The van der Waals surface area contributed by atoms with Crippen LogP contribution >= 0.6 is 0 Å². The molecule has 0 N–H and O–H groups in total. The number of nitrogens with zero attached hydrogens (tertiary/aromatic N) is 1. The minimum Gasteiger partial charge on any atom is -0.350 e. The van der Waals surface area contributed by atoms with Crippen LogP contribution in [0.15, 0.2) is 24.5 Å². The predicted molar refractivity (Wildman–Crippen MR) is 53.3 cm³/mol. The molecule has 0 unspecified atom stereocenters. The molecule has 1 aromatic heterocycles. The van der Waals surface area contributed by atoms with E-state index in [9.17, 15) is 4.79 Å². The molecule has 4 heteroatoms. The highest BCUT2D eigenvalue weighted by Crippen LogP contribution is 2.10. The molecule has 1 saturated heterocycles. The van der Waals surface area contributed by atoms with Gasteiger partial charge in [-0.25, -0.2) is 0 Å². The Morgan fingerprint density at radius 1 is 1.47 bits per heavy atom. The zero-order valence-electron chi connectivity index (χ0n) is 8.39. The number of aromatic nitrogens is 1. The third kappa shape index (κ3) is 3.11. The molecule has 1 aromatic rings. The first-order chi connectivity index (χ1) is 7.34. The summed E-state index contributed by atoms with van der Waals surface area (Å²) in [5.41, 5.74) is 0.931. The predicted octanol–water partition coefficient (Wildman–Crippen LogP) is 0.956. The fraction of sp³-hybridized carbons (Fsp3) is 0.455. The largest absolute Gasteiger partial charge is 0.350 e. The summed E-state index contributed by atoms with van der Waals surface area (Å²) in [6, 6.07) is 3.71. The van der Waals surface area contributed by atoms with Crippen LogP contribution in [0, 0.1) is 0 Å². The Bertz CT molecular complexity index is 320. The van der Waals surface area contributed by atoms with E-state index in [0.717, 1.165) is 5.56 Å². The van der Waals surface area contributed by atoms with E-state index in [1.807, 2.05) is 12.1 Å². The van der Waals surface area contributed by atoms with Gasteiger partial charge in [-0.15, -0.1) is 0 Å². The van der Waals surface area contributed by atoms with Crippen molar-refractivity contribution in [1.29, 1.82) is 0 Å². The Morgan fingerprint density at radius 2 is 2.27 bits per heavy atom. The summed E-state index contributed by atoms with van der Waals surface area (Å²) < 4.78 is 10.4. The second-order valence-electron chi connectivity index (χ2n) is 3.45. The number of hydrogen-bond acceptors (Lipinski definition) is 4. The maximum absolute atomic E-state index is 11.6. The Balaban J connectivity index is 1.82. The molecule has 2 heterocycles. The van der Waals surface area contributed by atoms with Gasteiger partial charge in [0, 0.05) is 18.8 Å². The monoisotopic (exact) mass is 207 g/mol. The van der Waals surface area contributed by atoms with Gasteiger partial charge in [0.25, 0.3) is 0 Å². The normalized spacial score (nSPS) is 16.8. The summed E-state index contributed by atoms with van der Waals surface area (Å²) >= 11 is 0. The average Bonchev–Trinajstić information content (AvgIpc) is 2.71. The van der Waals surface area contributed by atoms with E-state index in [-0.39, 0.29) is 12.1 Å². The van der Waals surface area contributed by atoms with Gasteiger partial charge in [-0.3, -0.25) is 9.78 Å². The summed E-state index contributed by atoms with van der Waals surface area (Å²) in [5.74, 6) is 0.120. The molecule has 0 atom stereocenters. The Kier molecular flexibility index (Phi) is 3.42. The van der Waals surface area contributed by atoms with E-state index < -0.39 is 0 Å². The summed E-state index contributed by atoms with van der Waals surface area (Å²) in [6.45, 7) is 1.18. The van der Waals surface area contributed by atoms with E-state index in [4.69, 9.17) is 9.47 Å². The van der Waals surface area contributed by atoms with Gasteiger partial charge in [0.05, 0.1) is 19.6 Å². The smallest absolute Gasteiger partial charge is 0.164 e. The van der Waals surface area contributed by atoms with Crippen LogP contribution in [0.4, 0.5) is 0 Å². The molecule has 0 bridgehead atoms. The number of hydrogen-bond donors (Lipinski definition) is 0. The third-order valence-corrected chi connectivity index (χ3v) is 2.21. The van der Waals surface area contributed by atoms with Crippen molar-refractivity contribution < 1.29 is 14.3 Å². The van der Waals surface area contributed by atoms with Gasteiger partial charge in [-0.05, 0) is 11.6 Å². The Morgan fingerprint density at radius 3 is 2.93 bits per heavy atom. The summed E-state index contributed by atoms with van der Waals surface area (Å²) in [6.07, 6.45) is 3.78. The lowest BCUT2D eigenvalue weighted by Gasteiger charge is -2.07. The maximum Gasteiger partial charge on any atom is 0.164 e. The molecule has 2 rings (SSSR count). The topological polar surface area (TPSA) is 48.4 Å². The first-order valence-electron chi connectivity index (χ1n) is 4.98. The van der Waals surface area contributed by atoms with Crippen LogP contribution in [0.2, 0.25) is 0 Å². The lowest BCUT2D eigenvalue weighted by Crippen LogP contribution is -2.15. The summed E-state index contributed by atoms with van der Waals surface area (Å²) in [7, 11) is 0. The molecule has 0 spiro atoms. The van der Waals surface area contributed by atoms with Gasteiger partial charge < -0.3 is 9.47 Å². The minimum atomic E-state index is -0.339. The van der Waals surface area contributed by atoms with Crippen LogP contribution in [0.3, 0.4) is 0 Å². The molecule has 0 aliphatic carbocycles. The number of carbonyl (C=O) groups excluding carboxylic acids is 1. The summed E-state index contributed by atoms with van der Waals surface area (Å²) in [5, 5.41) is 0. The molecule has 0 amide bonds. The minimum absolute atomic E-state index is 0.120. The van der Waals surface area contributed by atoms with E-state index in [2.05, 4.69) is 4.98 Å². The van der Waals surface area contributed by atoms with Crippen molar-refractivity contribution in [2.45, 2.75) is 19.1 Å². The zero-order chi connectivity index (χ0) is 10.5. The third-order valence-electron chi connectivity index (χ3n) is 2.21. The van der Waals surface area contributed by atoms with Gasteiger partial charge in [0.2, 0.25) is 0 Å². The molecule has 1 fully saturated rings. The first-order valence-corrected chi connectivity index (χ1v) is 4.98. The molecule has 4 nitrogen and oxygen atoms in total. The average molecular weight is 207 g/mol. The standard InChI is InChI=1S/C11H13NO3/c13-10(7-11-14-4-5-15-11)6-9-2-1-3-12-8-9/h1-3,8,11H,4-7H2. The number of rotatable bonds is 4. The van der Waals surface area contributed by atoms with Gasteiger partial charge >= 0.3 is 0 Å². The van der Waals surface area contributed by atoms with Crippen LogP contribution < -0.4 is 0 Å². The highest BCUT2D eigenvalue weighted by atomic mass is 16.7. The maximum atomic E-state index is 11.6. The molecular formula is C11H13NO3. The van der Waals surface area contributed by atoms with E-state index in [1.165, 1.54) is 0 Å². The molecule has 1 aliphatic heterocycles. The highest BCUT2D eigenvalue weighted by Gasteiger charge is 2.19. The van der Waals surface area contributed by atoms with Crippen molar-refractivity contribution in [1.82, 2.24) is 4.98 Å². The molecule has 1 aliphatic rings. The lowest BCUT2D eigenvalue weighted by molar-refractivity contribution is -0.126. The van der Waals surface area contributed by atoms with Crippen molar-refractivity contribution in [3.8, 4) is 0 Å². The van der Waals surface area contributed by atoms with Gasteiger partial charge in [0.1, 0.15) is 5.78 Å². The molecule has 80 valence electrons. The fourth-order valence-corrected chi connectivity index (χ4v) is 1.51. The molecule has 0 aromatic carbocycles. The fourth-order valence-electron chi connectivity index (χ4n) is 1.51. The van der Waals surface area contributed by atoms with Crippen molar-refractivity contribution in [3.63, 3.8) is 0 Å². The van der Waals surface area contributed by atoms with E-state index >= 15 is 0 Å². The number of carbonyl (C=O) groups is 1. The zero-order valence-corrected chi connectivity index (χ0v) is 8.39. The van der Waals surface area contributed by atoms with Crippen molar-refractivity contribution >= 4 is 5.78 Å². The van der Waals surface area contributed by atoms with E-state index in [0.29, 0.717) is 26.1 Å². The molecule has 15 heavy (non-hydrogen) atoms. The number of pyridine rings is 1. The molecular weight excluding hydrogens is 194 g/mol. The van der Waals surface area contributed by atoms with Gasteiger partial charge in [-0.1, -0.05) is 6.07 Å². The first kappa shape index (κ1) is 10.3. The quantitative estimate of drug-likeness (QED) is 0.737. The highest BCUT2D eigenvalue weighted by molar-refractivity contribution is 5.81. The van der Waals surface area contributed by atoms with Gasteiger partial charge in [-0.2, -0.15) is 0 Å². The Labute approximate surface area is 88.2 Å². The second-order valence-corrected chi connectivity index (χ2v) is 3.45. The Hall–Kier alpha value is -1.26. The van der Waals surface area contributed by atoms with Crippen LogP contribution in [0.5, 0.6) is 0 Å². The molecule has 0 saturated carbocycles. The van der Waals surface area contributed by atoms with Crippen LogP contribution in [-0.4, -0.2) is 30.3 Å².